The van der Waals surface area contributed by atoms with Crippen LogP contribution in [0.25, 0.3) is 21.9 Å². The molecule has 0 saturated carbocycles. The molecule has 2 aromatic carbocycles. The van der Waals surface area contributed by atoms with E-state index in [-0.39, 0.29) is 5.97 Å². The van der Waals surface area contributed by atoms with Crippen molar-refractivity contribution in [1.29, 1.82) is 0 Å². The van der Waals surface area contributed by atoms with Crippen molar-refractivity contribution in [3.63, 3.8) is 0 Å². The van der Waals surface area contributed by atoms with Gasteiger partial charge >= 0.3 is 12.1 Å². The molecule has 0 radical (unpaired) electrons. The Balaban J connectivity index is 1.84. The lowest BCUT2D eigenvalue weighted by molar-refractivity contribution is 0.0524. The zero-order valence-corrected chi connectivity index (χ0v) is 22.1. The standard InChI is InChI=1S/C27H34N2O4Si/c1-27(2,3)33-26(31)29(4)22-12-10-19(11-13-22)24-18-28-17-21-9-8-20(16-23(21)24)25(30)32-14-15-34(5,6)7/h8-13,16-18H,14-15H2,1-7H3. The first-order chi connectivity index (χ1) is 15.8. The lowest BCUT2D eigenvalue weighted by Crippen LogP contribution is -2.34. The summed E-state index contributed by atoms with van der Waals surface area (Å²) in [5, 5.41) is 1.86. The van der Waals surface area contributed by atoms with Crippen molar-refractivity contribution in [2.45, 2.75) is 52.1 Å². The molecule has 1 heterocycles. The number of ether oxygens (including phenoxy) is 2. The van der Waals surface area contributed by atoms with Gasteiger partial charge in [0.2, 0.25) is 0 Å². The highest BCUT2D eigenvalue weighted by molar-refractivity contribution is 6.76. The van der Waals surface area contributed by atoms with Crippen LogP contribution in [0.2, 0.25) is 25.7 Å². The van der Waals surface area contributed by atoms with E-state index in [0.717, 1.165) is 33.6 Å². The highest BCUT2D eigenvalue weighted by Crippen LogP contribution is 2.30. The first-order valence-electron chi connectivity index (χ1n) is 11.5. The van der Waals surface area contributed by atoms with Crippen LogP contribution in [0.15, 0.2) is 54.9 Å². The summed E-state index contributed by atoms with van der Waals surface area (Å²) in [7, 11) is 0.411. The summed E-state index contributed by atoms with van der Waals surface area (Å²) in [4.78, 5) is 30.9. The van der Waals surface area contributed by atoms with E-state index >= 15 is 0 Å². The molecule has 0 unspecified atom stereocenters. The van der Waals surface area contributed by atoms with Crippen LogP contribution in [0.5, 0.6) is 0 Å². The average molecular weight is 479 g/mol. The van der Waals surface area contributed by atoms with Gasteiger partial charge in [0.15, 0.2) is 0 Å². The Hall–Kier alpha value is -3.19. The summed E-state index contributed by atoms with van der Waals surface area (Å²) in [6, 6.07) is 14.1. The van der Waals surface area contributed by atoms with Crippen LogP contribution >= 0.6 is 0 Å². The highest BCUT2D eigenvalue weighted by atomic mass is 28.3. The molecule has 0 N–H and O–H groups in total. The predicted octanol–water partition coefficient (Wildman–Crippen LogP) is 6.77. The number of aromatic nitrogens is 1. The monoisotopic (exact) mass is 478 g/mol. The molecule has 34 heavy (non-hydrogen) atoms. The zero-order chi connectivity index (χ0) is 25.1. The summed E-state index contributed by atoms with van der Waals surface area (Å²) < 4.78 is 11.0. The van der Waals surface area contributed by atoms with Gasteiger partial charge in [-0.3, -0.25) is 9.88 Å². The summed E-state index contributed by atoms with van der Waals surface area (Å²) in [5.74, 6) is -0.308. The Morgan fingerprint density at radius 1 is 1.00 bits per heavy atom. The largest absolute Gasteiger partial charge is 0.462 e. The molecular formula is C27H34N2O4Si. The predicted molar refractivity (Wildman–Crippen MR) is 140 cm³/mol. The van der Waals surface area contributed by atoms with Crippen molar-refractivity contribution < 1.29 is 19.1 Å². The van der Waals surface area contributed by atoms with Crippen molar-refractivity contribution in [1.82, 2.24) is 4.98 Å². The molecule has 6 nitrogen and oxygen atoms in total. The van der Waals surface area contributed by atoms with Gasteiger partial charge in [0, 0.05) is 44.2 Å². The second-order valence-electron chi connectivity index (χ2n) is 10.7. The Labute approximate surface area is 202 Å². The summed E-state index contributed by atoms with van der Waals surface area (Å²) in [5.41, 5.74) is 2.52. The maximum Gasteiger partial charge on any atom is 0.414 e. The molecule has 0 aliphatic carbocycles. The van der Waals surface area contributed by atoms with E-state index in [1.54, 1.807) is 25.5 Å². The molecule has 0 bridgehead atoms. The minimum absolute atomic E-state index is 0.308. The molecule has 0 spiro atoms. The van der Waals surface area contributed by atoms with E-state index in [0.29, 0.717) is 12.2 Å². The molecule has 7 heteroatoms. The van der Waals surface area contributed by atoms with Gasteiger partial charge in [0.05, 0.1) is 12.2 Å². The summed E-state index contributed by atoms with van der Waals surface area (Å²) in [6.45, 7) is 12.7. The van der Waals surface area contributed by atoms with Gasteiger partial charge in [-0.25, -0.2) is 9.59 Å². The number of amides is 1. The second-order valence-corrected chi connectivity index (χ2v) is 16.3. The van der Waals surface area contributed by atoms with Gasteiger partial charge in [0.1, 0.15) is 5.60 Å². The molecule has 0 aliphatic heterocycles. The van der Waals surface area contributed by atoms with Crippen LogP contribution in [0.3, 0.4) is 0 Å². The second kappa shape index (κ2) is 9.97. The lowest BCUT2D eigenvalue weighted by Gasteiger charge is -2.24. The molecule has 0 aliphatic rings. The number of carbonyl (C=O) groups excluding carboxylic acids is 2. The topological polar surface area (TPSA) is 68.7 Å². The van der Waals surface area contributed by atoms with Gasteiger partial charge in [0.25, 0.3) is 0 Å². The third-order valence-corrected chi connectivity index (χ3v) is 7.02. The van der Waals surface area contributed by atoms with E-state index in [4.69, 9.17) is 9.47 Å². The van der Waals surface area contributed by atoms with Crippen LogP contribution in [0.4, 0.5) is 10.5 Å². The Morgan fingerprint density at radius 3 is 2.29 bits per heavy atom. The quantitative estimate of drug-likeness (QED) is 0.289. The van der Waals surface area contributed by atoms with Crippen molar-refractivity contribution in [2.24, 2.45) is 0 Å². The lowest BCUT2D eigenvalue weighted by atomic mass is 9.99. The highest BCUT2D eigenvalue weighted by Gasteiger charge is 2.21. The van der Waals surface area contributed by atoms with Crippen molar-refractivity contribution in [3.05, 3.63) is 60.4 Å². The molecule has 3 aromatic rings. The van der Waals surface area contributed by atoms with Gasteiger partial charge in [-0.05, 0) is 62.0 Å². The van der Waals surface area contributed by atoms with Crippen LogP contribution < -0.4 is 4.90 Å². The first kappa shape index (κ1) is 25.4. The smallest absolute Gasteiger partial charge is 0.414 e. The SMILES string of the molecule is CN(C(=O)OC(C)(C)C)c1ccc(-c2cncc3ccc(C(=O)OCC[Si](C)(C)C)cc23)cc1. The minimum Gasteiger partial charge on any atom is -0.462 e. The summed E-state index contributed by atoms with van der Waals surface area (Å²) >= 11 is 0. The Morgan fingerprint density at radius 2 is 1.68 bits per heavy atom. The van der Waals surface area contributed by atoms with Crippen LogP contribution in [0, 0.1) is 0 Å². The van der Waals surface area contributed by atoms with Gasteiger partial charge in [-0.15, -0.1) is 0 Å². The Kier molecular flexibility index (Phi) is 7.46. The maximum absolute atomic E-state index is 12.6. The number of rotatable bonds is 6. The number of nitrogens with zero attached hydrogens (tertiary/aromatic N) is 2. The number of hydrogen-bond donors (Lipinski definition) is 0. The van der Waals surface area contributed by atoms with Gasteiger partial charge in [-0.2, -0.15) is 0 Å². The number of hydrogen-bond acceptors (Lipinski definition) is 5. The number of benzene rings is 2. The molecular weight excluding hydrogens is 444 g/mol. The number of fused-ring (bicyclic) bond motifs is 1. The van der Waals surface area contributed by atoms with Crippen LogP contribution in [0.1, 0.15) is 31.1 Å². The normalized spacial score (nSPS) is 11.9. The number of pyridine rings is 1. The zero-order valence-electron chi connectivity index (χ0n) is 21.1. The fraction of sp³-hybridized carbons (Fsp3) is 0.370. The third kappa shape index (κ3) is 6.67. The molecule has 3 rings (SSSR count). The van der Waals surface area contributed by atoms with Gasteiger partial charge in [-0.1, -0.05) is 37.8 Å². The Bertz CT molecular complexity index is 1180. The fourth-order valence-corrected chi connectivity index (χ4v) is 4.07. The summed E-state index contributed by atoms with van der Waals surface area (Å²) in [6.07, 6.45) is 3.16. The van der Waals surface area contributed by atoms with E-state index in [1.807, 2.05) is 57.2 Å². The molecule has 0 fully saturated rings. The van der Waals surface area contributed by atoms with E-state index in [9.17, 15) is 9.59 Å². The fourth-order valence-electron chi connectivity index (χ4n) is 3.35. The van der Waals surface area contributed by atoms with Crippen molar-refractivity contribution in [2.75, 3.05) is 18.6 Å². The molecule has 0 atom stereocenters. The van der Waals surface area contributed by atoms with Crippen LogP contribution in [-0.2, 0) is 9.47 Å². The van der Waals surface area contributed by atoms with Crippen molar-refractivity contribution in [3.8, 4) is 11.1 Å². The molecule has 180 valence electrons. The number of esters is 1. The average Bonchev–Trinajstić information content (AvgIpc) is 2.76. The first-order valence-corrected chi connectivity index (χ1v) is 15.2. The molecule has 1 amide bonds. The number of anilines is 1. The maximum atomic E-state index is 12.6. The van der Waals surface area contributed by atoms with E-state index < -0.39 is 19.8 Å². The van der Waals surface area contributed by atoms with Gasteiger partial charge < -0.3 is 9.47 Å². The van der Waals surface area contributed by atoms with E-state index in [1.165, 1.54) is 4.90 Å². The van der Waals surface area contributed by atoms with Crippen LogP contribution in [-0.4, -0.2) is 44.4 Å². The van der Waals surface area contributed by atoms with E-state index in [2.05, 4.69) is 24.6 Å². The number of carbonyl (C=O) groups is 2. The molecule has 0 saturated heterocycles. The molecule has 1 aromatic heterocycles. The minimum atomic E-state index is -1.27. The van der Waals surface area contributed by atoms with Crippen molar-refractivity contribution >= 4 is 36.6 Å². The third-order valence-electron chi connectivity index (χ3n) is 5.31.